The van der Waals surface area contributed by atoms with Crippen molar-refractivity contribution in [2.75, 3.05) is 5.32 Å². The normalized spacial score (nSPS) is 11.7. The standard InChI is InChI=1S/C16H22FN3/c1-11-13(17)7-6-8-14(11)18-9-12-10-20(5)19-15(12)16(2,3)4/h6-8,10,18H,9H2,1-5H3. The summed E-state index contributed by atoms with van der Waals surface area (Å²) in [4.78, 5) is 0. The number of rotatable bonds is 3. The fraction of sp³-hybridized carbons (Fsp3) is 0.438. The van der Waals surface area contributed by atoms with Gasteiger partial charge in [-0.2, -0.15) is 5.10 Å². The maximum atomic E-state index is 13.5. The zero-order valence-electron chi connectivity index (χ0n) is 12.8. The van der Waals surface area contributed by atoms with Crippen molar-refractivity contribution in [2.24, 2.45) is 7.05 Å². The largest absolute Gasteiger partial charge is 0.381 e. The molecule has 0 amide bonds. The van der Waals surface area contributed by atoms with Crippen LogP contribution in [-0.2, 0) is 19.0 Å². The number of aryl methyl sites for hydroxylation is 1. The summed E-state index contributed by atoms with van der Waals surface area (Å²) in [5, 5.41) is 7.84. The average molecular weight is 275 g/mol. The molecule has 4 heteroatoms. The summed E-state index contributed by atoms with van der Waals surface area (Å²) in [5.41, 5.74) is 3.68. The molecule has 2 aromatic rings. The summed E-state index contributed by atoms with van der Waals surface area (Å²) in [7, 11) is 1.92. The molecule has 1 heterocycles. The maximum absolute atomic E-state index is 13.5. The van der Waals surface area contributed by atoms with Crippen LogP contribution < -0.4 is 5.32 Å². The first-order valence-corrected chi connectivity index (χ1v) is 6.81. The first-order valence-electron chi connectivity index (χ1n) is 6.81. The van der Waals surface area contributed by atoms with E-state index in [1.54, 1.807) is 13.0 Å². The zero-order valence-corrected chi connectivity index (χ0v) is 12.8. The van der Waals surface area contributed by atoms with Gasteiger partial charge in [-0.3, -0.25) is 4.68 Å². The third kappa shape index (κ3) is 3.00. The highest BCUT2D eigenvalue weighted by Crippen LogP contribution is 2.25. The van der Waals surface area contributed by atoms with Gasteiger partial charge >= 0.3 is 0 Å². The van der Waals surface area contributed by atoms with Crippen molar-refractivity contribution >= 4 is 5.69 Å². The van der Waals surface area contributed by atoms with Crippen molar-refractivity contribution in [1.29, 1.82) is 0 Å². The van der Waals surface area contributed by atoms with Gasteiger partial charge in [0.1, 0.15) is 5.82 Å². The van der Waals surface area contributed by atoms with Crippen molar-refractivity contribution in [3.8, 4) is 0 Å². The predicted octanol–water partition coefficient (Wildman–Crippen LogP) is 3.78. The molecule has 20 heavy (non-hydrogen) atoms. The monoisotopic (exact) mass is 275 g/mol. The van der Waals surface area contributed by atoms with Gasteiger partial charge in [0, 0.05) is 42.0 Å². The number of hydrogen-bond acceptors (Lipinski definition) is 2. The third-order valence-corrected chi connectivity index (χ3v) is 3.35. The van der Waals surface area contributed by atoms with E-state index >= 15 is 0 Å². The lowest BCUT2D eigenvalue weighted by Gasteiger charge is -2.18. The van der Waals surface area contributed by atoms with E-state index in [9.17, 15) is 4.39 Å². The number of nitrogens with one attached hydrogen (secondary N) is 1. The Morgan fingerprint density at radius 2 is 2.00 bits per heavy atom. The van der Waals surface area contributed by atoms with Crippen molar-refractivity contribution < 1.29 is 4.39 Å². The number of halogens is 1. The lowest BCUT2D eigenvalue weighted by atomic mass is 9.89. The van der Waals surface area contributed by atoms with Gasteiger partial charge in [0.15, 0.2) is 0 Å². The number of benzene rings is 1. The van der Waals surface area contributed by atoms with Crippen molar-refractivity contribution in [3.05, 3.63) is 47.0 Å². The van der Waals surface area contributed by atoms with E-state index in [1.165, 1.54) is 6.07 Å². The topological polar surface area (TPSA) is 29.9 Å². The highest BCUT2D eigenvalue weighted by atomic mass is 19.1. The molecule has 0 saturated heterocycles. The van der Waals surface area contributed by atoms with Crippen LogP contribution in [0.4, 0.5) is 10.1 Å². The molecule has 0 fully saturated rings. The van der Waals surface area contributed by atoms with E-state index in [4.69, 9.17) is 0 Å². The van der Waals surface area contributed by atoms with Gasteiger partial charge < -0.3 is 5.32 Å². The van der Waals surface area contributed by atoms with E-state index in [1.807, 2.05) is 24.0 Å². The summed E-state index contributed by atoms with van der Waals surface area (Å²) < 4.78 is 15.4. The number of hydrogen-bond donors (Lipinski definition) is 1. The lowest BCUT2D eigenvalue weighted by Crippen LogP contribution is -2.16. The van der Waals surface area contributed by atoms with Gasteiger partial charge in [-0.15, -0.1) is 0 Å². The molecule has 3 nitrogen and oxygen atoms in total. The Bertz CT molecular complexity index is 609. The van der Waals surface area contributed by atoms with E-state index in [0.717, 1.165) is 16.9 Å². The molecule has 0 radical (unpaired) electrons. The fourth-order valence-corrected chi connectivity index (χ4v) is 2.29. The summed E-state index contributed by atoms with van der Waals surface area (Å²) >= 11 is 0. The quantitative estimate of drug-likeness (QED) is 0.924. The molecule has 0 aliphatic carbocycles. The van der Waals surface area contributed by atoms with Crippen LogP contribution in [0.3, 0.4) is 0 Å². The van der Waals surface area contributed by atoms with Crippen molar-refractivity contribution in [3.63, 3.8) is 0 Å². The van der Waals surface area contributed by atoms with Crippen LogP contribution in [0.1, 0.15) is 37.6 Å². The summed E-state index contributed by atoms with van der Waals surface area (Å²) in [6.45, 7) is 8.86. The van der Waals surface area contributed by atoms with Crippen LogP contribution >= 0.6 is 0 Å². The minimum atomic E-state index is -0.183. The van der Waals surface area contributed by atoms with Crippen LogP contribution in [0.25, 0.3) is 0 Å². The second kappa shape index (κ2) is 5.27. The Balaban J connectivity index is 2.21. The van der Waals surface area contributed by atoms with Crippen LogP contribution in [-0.4, -0.2) is 9.78 Å². The van der Waals surface area contributed by atoms with Crippen molar-refractivity contribution in [2.45, 2.75) is 39.7 Å². The maximum Gasteiger partial charge on any atom is 0.128 e. The molecular weight excluding hydrogens is 253 g/mol. The van der Waals surface area contributed by atoms with Gasteiger partial charge in [-0.05, 0) is 19.1 Å². The molecule has 2 rings (SSSR count). The van der Waals surface area contributed by atoms with Gasteiger partial charge in [-0.1, -0.05) is 26.8 Å². The Hall–Kier alpha value is -1.84. The van der Waals surface area contributed by atoms with E-state index in [0.29, 0.717) is 12.1 Å². The minimum Gasteiger partial charge on any atom is -0.381 e. The van der Waals surface area contributed by atoms with E-state index in [2.05, 4.69) is 31.2 Å². The molecular formula is C16H22FN3. The summed E-state index contributed by atoms with van der Waals surface area (Å²) in [5.74, 6) is -0.183. The number of aromatic nitrogens is 2. The van der Waals surface area contributed by atoms with Gasteiger partial charge in [0.05, 0.1) is 5.69 Å². The SMILES string of the molecule is Cc1c(F)cccc1NCc1cn(C)nc1C(C)(C)C. The second-order valence-electron chi connectivity index (χ2n) is 6.19. The summed E-state index contributed by atoms with van der Waals surface area (Å²) in [6, 6.07) is 5.09. The highest BCUT2D eigenvalue weighted by molar-refractivity contribution is 5.51. The average Bonchev–Trinajstić information content (AvgIpc) is 2.72. The van der Waals surface area contributed by atoms with Gasteiger partial charge in [-0.25, -0.2) is 4.39 Å². The third-order valence-electron chi connectivity index (χ3n) is 3.35. The zero-order chi connectivity index (χ0) is 14.9. The molecule has 108 valence electrons. The molecule has 0 aliphatic rings. The molecule has 1 aromatic carbocycles. The van der Waals surface area contributed by atoms with Crippen LogP contribution in [0.5, 0.6) is 0 Å². The first kappa shape index (κ1) is 14.6. The fourth-order valence-electron chi connectivity index (χ4n) is 2.29. The molecule has 0 spiro atoms. The second-order valence-corrected chi connectivity index (χ2v) is 6.19. The molecule has 0 aliphatic heterocycles. The molecule has 0 atom stereocenters. The van der Waals surface area contributed by atoms with Gasteiger partial charge in [0.2, 0.25) is 0 Å². The molecule has 1 aromatic heterocycles. The molecule has 0 unspecified atom stereocenters. The van der Waals surface area contributed by atoms with Crippen molar-refractivity contribution in [1.82, 2.24) is 9.78 Å². The Kier molecular flexibility index (Phi) is 3.84. The van der Waals surface area contributed by atoms with E-state index in [-0.39, 0.29) is 11.2 Å². The highest BCUT2D eigenvalue weighted by Gasteiger charge is 2.21. The Morgan fingerprint density at radius 1 is 1.30 bits per heavy atom. The predicted molar refractivity (Wildman–Crippen MR) is 80.4 cm³/mol. The number of anilines is 1. The van der Waals surface area contributed by atoms with Gasteiger partial charge in [0.25, 0.3) is 0 Å². The molecule has 1 N–H and O–H groups in total. The minimum absolute atomic E-state index is 0.00471. The number of nitrogens with zero attached hydrogens (tertiary/aromatic N) is 2. The van der Waals surface area contributed by atoms with Crippen LogP contribution in [0.2, 0.25) is 0 Å². The first-order chi connectivity index (χ1) is 9.29. The Morgan fingerprint density at radius 3 is 2.65 bits per heavy atom. The van der Waals surface area contributed by atoms with Crippen LogP contribution in [0, 0.1) is 12.7 Å². The van der Waals surface area contributed by atoms with E-state index < -0.39 is 0 Å². The Labute approximate surface area is 119 Å². The smallest absolute Gasteiger partial charge is 0.128 e. The lowest BCUT2D eigenvalue weighted by molar-refractivity contribution is 0.549. The molecule has 0 bridgehead atoms. The summed E-state index contributed by atoms with van der Waals surface area (Å²) in [6.07, 6.45) is 2.02. The van der Waals surface area contributed by atoms with Crippen LogP contribution in [0.15, 0.2) is 24.4 Å². The molecule has 0 saturated carbocycles.